The Morgan fingerprint density at radius 1 is 1.12 bits per heavy atom. The topological polar surface area (TPSA) is 47.5 Å². The van der Waals surface area contributed by atoms with E-state index in [1.807, 2.05) is 13.8 Å². The molecular formula is C18H23N3O2S. The fourth-order valence-electron chi connectivity index (χ4n) is 3.13. The van der Waals surface area contributed by atoms with E-state index in [2.05, 4.69) is 21.4 Å². The van der Waals surface area contributed by atoms with E-state index < -0.39 is 0 Å². The van der Waals surface area contributed by atoms with E-state index in [0.29, 0.717) is 19.1 Å². The van der Waals surface area contributed by atoms with Gasteiger partial charge in [-0.15, -0.1) is 0 Å². The summed E-state index contributed by atoms with van der Waals surface area (Å²) < 4.78 is 16.1. The van der Waals surface area contributed by atoms with Gasteiger partial charge in [-0.05, 0) is 56.4 Å². The number of hydrogen-bond donors (Lipinski definition) is 0. The molecule has 1 aromatic heterocycles. The molecule has 0 spiro atoms. The maximum atomic E-state index is 5.77. The average molecular weight is 345 g/mol. The Hall–Kier alpha value is -1.82. The SMILES string of the molecule is CCOc1cc2c(cc1OCC)CN(c1nc(C3CC3)ns1)CC2. The quantitative estimate of drug-likeness (QED) is 0.797. The zero-order chi connectivity index (χ0) is 16.5. The minimum absolute atomic E-state index is 0.616. The number of aromatic nitrogens is 2. The van der Waals surface area contributed by atoms with Crippen LogP contribution in [0, 0.1) is 0 Å². The average Bonchev–Trinajstić information content (AvgIpc) is 3.33. The van der Waals surface area contributed by atoms with Crippen molar-refractivity contribution in [2.75, 3.05) is 24.7 Å². The van der Waals surface area contributed by atoms with Crippen molar-refractivity contribution in [2.45, 2.75) is 45.6 Å². The normalized spacial score (nSPS) is 16.8. The molecule has 6 heteroatoms. The Kier molecular flexibility index (Phi) is 4.31. The van der Waals surface area contributed by atoms with Gasteiger partial charge >= 0.3 is 0 Å². The van der Waals surface area contributed by atoms with E-state index in [1.54, 1.807) is 0 Å². The molecule has 0 bridgehead atoms. The molecule has 1 aromatic carbocycles. The van der Waals surface area contributed by atoms with Gasteiger partial charge in [-0.1, -0.05) is 0 Å². The van der Waals surface area contributed by atoms with Crippen LogP contribution in [0.25, 0.3) is 0 Å². The Morgan fingerprint density at radius 2 is 1.83 bits per heavy atom. The fourth-order valence-corrected chi connectivity index (χ4v) is 3.90. The van der Waals surface area contributed by atoms with Crippen LogP contribution in [0.4, 0.5) is 5.13 Å². The molecule has 0 saturated heterocycles. The van der Waals surface area contributed by atoms with Gasteiger partial charge in [0, 0.05) is 30.5 Å². The van der Waals surface area contributed by atoms with E-state index in [9.17, 15) is 0 Å². The second kappa shape index (κ2) is 6.59. The van der Waals surface area contributed by atoms with Gasteiger partial charge in [-0.3, -0.25) is 0 Å². The lowest BCUT2D eigenvalue weighted by molar-refractivity contribution is 0.287. The fraction of sp³-hybridized carbons (Fsp3) is 0.556. The highest BCUT2D eigenvalue weighted by Crippen LogP contribution is 2.40. The maximum Gasteiger partial charge on any atom is 0.205 e. The molecule has 2 heterocycles. The van der Waals surface area contributed by atoms with Gasteiger partial charge in [-0.25, -0.2) is 4.98 Å². The van der Waals surface area contributed by atoms with Crippen LogP contribution in [0.1, 0.15) is 49.6 Å². The van der Waals surface area contributed by atoms with Crippen LogP contribution in [0.2, 0.25) is 0 Å². The highest BCUT2D eigenvalue weighted by molar-refractivity contribution is 7.09. The Balaban J connectivity index is 1.57. The van der Waals surface area contributed by atoms with Gasteiger partial charge in [0.2, 0.25) is 5.13 Å². The molecule has 5 nitrogen and oxygen atoms in total. The van der Waals surface area contributed by atoms with Gasteiger partial charge < -0.3 is 14.4 Å². The van der Waals surface area contributed by atoms with Crippen molar-refractivity contribution in [1.82, 2.24) is 9.36 Å². The number of benzene rings is 1. The molecule has 2 aliphatic rings. The zero-order valence-corrected chi connectivity index (χ0v) is 15.1. The first-order chi connectivity index (χ1) is 11.8. The Labute approximate surface area is 146 Å². The van der Waals surface area contributed by atoms with Crippen LogP contribution in [0.3, 0.4) is 0 Å². The van der Waals surface area contributed by atoms with E-state index in [0.717, 1.165) is 42.0 Å². The van der Waals surface area contributed by atoms with Crippen LogP contribution in [0.15, 0.2) is 12.1 Å². The van der Waals surface area contributed by atoms with Crippen LogP contribution in [-0.4, -0.2) is 29.1 Å². The first-order valence-electron chi connectivity index (χ1n) is 8.78. The number of ether oxygens (including phenoxy) is 2. The molecule has 4 rings (SSSR count). The highest BCUT2D eigenvalue weighted by Gasteiger charge is 2.29. The molecule has 0 N–H and O–H groups in total. The first kappa shape index (κ1) is 15.7. The molecule has 128 valence electrons. The number of hydrogen-bond acceptors (Lipinski definition) is 6. The molecule has 0 radical (unpaired) electrons. The van der Waals surface area contributed by atoms with E-state index in [4.69, 9.17) is 14.5 Å². The van der Waals surface area contributed by atoms with Crippen molar-refractivity contribution in [3.63, 3.8) is 0 Å². The van der Waals surface area contributed by atoms with Gasteiger partial charge in [-0.2, -0.15) is 4.37 Å². The van der Waals surface area contributed by atoms with E-state index in [-0.39, 0.29) is 0 Å². The lowest BCUT2D eigenvalue weighted by Gasteiger charge is -2.29. The van der Waals surface area contributed by atoms with Gasteiger partial charge in [0.15, 0.2) is 11.5 Å². The molecule has 0 unspecified atom stereocenters. The minimum Gasteiger partial charge on any atom is -0.490 e. The lowest BCUT2D eigenvalue weighted by atomic mass is 9.99. The van der Waals surface area contributed by atoms with Gasteiger partial charge in [0.05, 0.1) is 13.2 Å². The minimum atomic E-state index is 0.616. The summed E-state index contributed by atoms with van der Waals surface area (Å²) in [6.45, 7) is 7.14. The Morgan fingerprint density at radius 3 is 2.50 bits per heavy atom. The second-order valence-corrected chi connectivity index (χ2v) is 7.04. The third-order valence-electron chi connectivity index (χ3n) is 4.52. The van der Waals surface area contributed by atoms with Crippen LogP contribution in [-0.2, 0) is 13.0 Å². The molecule has 0 amide bonds. The van der Waals surface area contributed by atoms with Crippen LogP contribution < -0.4 is 14.4 Å². The monoisotopic (exact) mass is 345 g/mol. The zero-order valence-electron chi connectivity index (χ0n) is 14.2. The van der Waals surface area contributed by atoms with Crippen molar-refractivity contribution in [3.05, 3.63) is 29.1 Å². The Bertz CT molecular complexity index is 727. The largest absolute Gasteiger partial charge is 0.490 e. The molecule has 1 saturated carbocycles. The molecule has 24 heavy (non-hydrogen) atoms. The summed E-state index contributed by atoms with van der Waals surface area (Å²) in [5.74, 6) is 3.36. The van der Waals surface area contributed by atoms with E-state index >= 15 is 0 Å². The number of fused-ring (bicyclic) bond motifs is 1. The molecule has 0 atom stereocenters. The molecule has 1 aliphatic heterocycles. The van der Waals surface area contributed by atoms with Crippen molar-refractivity contribution >= 4 is 16.7 Å². The van der Waals surface area contributed by atoms with Crippen LogP contribution >= 0.6 is 11.5 Å². The summed E-state index contributed by atoms with van der Waals surface area (Å²) in [4.78, 5) is 7.09. The summed E-state index contributed by atoms with van der Waals surface area (Å²) in [5, 5.41) is 1.05. The summed E-state index contributed by atoms with van der Waals surface area (Å²) in [7, 11) is 0. The lowest BCUT2D eigenvalue weighted by Crippen LogP contribution is -2.30. The predicted molar refractivity (Wildman–Crippen MR) is 95.4 cm³/mol. The third kappa shape index (κ3) is 3.07. The predicted octanol–water partition coefficient (Wildman–Crippen LogP) is 3.78. The molecular weight excluding hydrogens is 322 g/mol. The van der Waals surface area contributed by atoms with Gasteiger partial charge in [0.25, 0.3) is 0 Å². The molecule has 1 fully saturated rings. The van der Waals surface area contributed by atoms with E-state index in [1.165, 1.54) is 35.5 Å². The number of rotatable bonds is 6. The van der Waals surface area contributed by atoms with Crippen LogP contribution in [0.5, 0.6) is 11.5 Å². The summed E-state index contributed by atoms with van der Waals surface area (Å²) >= 11 is 1.53. The maximum absolute atomic E-state index is 5.77. The number of anilines is 1. The van der Waals surface area contributed by atoms with Crippen molar-refractivity contribution < 1.29 is 9.47 Å². The molecule has 1 aliphatic carbocycles. The summed E-state index contributed by atoms with van der Waals surface area (Å²) in [5.41, 5.74) is 2.65. The summed E-state index contributed by atoms with van der Waals surface area (Å²) in [6.07, 6.45) is 3.49. The molecule has 2 aromatic rings. The first-order valence-corrected chi connectivity index (χ1v) is 9.55. The smallest absolute Gasteiger partial charge is 0.205 e. The van der Waals surface area contributed by atoms with Gasteiger partial charge in [0.1, 0.15) is 5.82 Å². The standard InChI is InChI=1S/C18H23N3O2S/c1-3-22-15-9-13-7-8-21(11-14(13)10-16(15)23-4-2)18-19-17(20-24-18)12-5-6-12/h9-10,12H,3-8,11H2,1-2H3. The number of nitrogens with zero attached hydrogens (tertiary/aromatic N) is 3. The third-order valence-corrected chi connectivity index (χ3v) is 5.31. The van der Waals surface area contributed by atoms with Crippen molar-refractivity contribution in [2.24, 2.45) is 0 Å². The highest BCUT2D eigenvalue weighted by atomic mass is 32.1. The summed E-state index contributed by atoms with van der Waals surface area (Å²) in [6, 6.07) is 4.29. The van der Waals surface area contributed by atoms with Crippen molar-refractivity contribution in [3.8, 4) is 11.5 Å². The second-order valence-electron chi connectivity index (χ2n) is 6.31. The van der Waals surface area contributed by atoms with Crippen molar-refractivity contribution in [1.29, 1.82) is 0 Å².